The summed E-state index contributed by atoms with van der Waals surface area (Å²) in [7, 11) is 0. The summed E-state index contributed by atoms with van der Waals surface area (Å²) < 4.78 is 12.5. The molecule has 6 heteroatoms. The summed E-state index contributed by atoms with van der Waals surface area (Å²) in [5.41, 5.74) is -1.39. The van der Waals surface area contributed by atoms with Crippen LogP contribution in [0.25, 0.3) is 0 Å². The van der Waals surface area contributed by atoms with Crippen molar-refractivity contribution in [3.63, 3.8) is 0 Å². The minimum Gasteiger partial charge on any atom is -0.394 e. The standard InChI is InChI=1S/C30H60O6/c1-4-7-10-13-16-19-22-29(35-24-21-18-15-12-9-6-3)28(33)27(32)26(25-31)36-30(29,34)23-20-17-14-11-8-5-2/h26-28,31-34H,4-25H2,1-3H3/t26-,27-,28+,29-,30?/m1/s1. The molecule has 216 valence electrons. The fourth-order valence-corrected chi connectivity index (χ4v) is 5.61. The SMILES string of the molecule is CCCCCCCCO[C@]1(CCCCCCCC)[C@@H](O)[C@H](O)[C@@H](CO)OC1(O)CCCCCCCC. The van der Waals surface area contributed by atoms with Crippen molar-refractivity contribution < 1.29 is 29.9 Å². The van der Waals surface area contributed by atoms with E-state index in [-0.39, 0.29) is 0 Å². The monoisotopic (exact) mass is 516 g/mol. The Labute approximate surface area is 222 Å². The molecule has 4 N–H and O–H groups in total. The lowest BCUT2D eigenvalue weighted by Gasteiger charge is -2.56. The smallest absolute Gasteiger partial charge is 0.198 e. The molecule has 0 saturated carbocycles. The molecule has 1 aliphatic heterocycles. The third-order valence-electron chi connectivity index (χ3n) is 8.00. The van der Waals surface area contributed by atoms with E-state index >= 15 is 0 Å². The Hall–Kier alpha value is -0.240. The van der Waals surface area contributed by atoms with Gasteiger partial charge in [0, 0.05) is 13.0 Å². The minimum absolute atomic E-state index is 0.325. The molecule has 0 bridgehead atoms. The Morgan fingerprint density at radius 2 is 1.08 bits per heavy atom. The molecule has 36 heavy (non-hydrogen) atoms. The van der Waals surface area contributed by atoms with Crippen LogP contribution in [-0.4, -0.2) is 63.3 Å². The molecule has 1 saturated heterocycles. The van der Waals surface area contributed by atoms with Crippen LogP contribution in [0.2, 0.25) is 0 Å². The molecule has 0 aromatic rings. The van der Waals surface area contributed by atoms with E-state index in [1.54, 1.807) is 0 Å². The van der Waals surface area contributed by atoms with Crippen molar-refractivity contribution in [1.29, 1.82) is 0 Å². The Morgan fingerprint density at radius 1 is 0.639 bits per heavy atom. The first-order valence-corrected chi connectivity index (χ1v) is 15.4. The summed E-state index contributed by atoms with van der Waals surface area (Å²) in [5, 5.41) is 44.0. The van der Waals surface area contributed by atoms with Gasteiger partial charge in [-0.25, -0.2) is 0 Å². The Kier molecular flexibility index (Phi) is 18.6. The van der Waals surface area contributed by atoms with E-state index in [0.29, 0.717) is 19.4 Å². The number of ether oxygens (including phenoxy) is 2. The van der Waals surface area contributed by atoms with Gasteiger partial charge in [0.15, 0.2) is 5.79 Å². The lowest BCUT2D eigenvalue weighted by atomic mass is 9.74. The quantitative estimate of drug-likeness (QED) is 0.117. The predicted molar refractivity (Wildman–Crippen MR) is 147 cm³/mol. The zero-order chi connectivity index (χ0) is 26.7. The molecule has 6 nitrogen and oxygen atoms in total. The zero-order valence-corrected chi connectivity index (χ0v) is 23.9. The molecule has 1 unspecified atom stereocenters. The summed E-state index contributed by atoms with van der Waals surface area (Å²) >= 11 is 0. The van der Waals surface area contributed by atoms with Crippen LogP contribution in [0.15, 0.2) is 0 Å². The van der Waals surface area contributed by atoms with Crippen LogP contribution >= 0.6 is 0 Å². The van der Waals surface area contributed by atoms with Gasteiger partial charge in [0.1, 0.15) is 23.9 Å². The van der Waals surface area contributed by atoms with Gasteiger partial charge in [-0.2, -0.15) is 0 Å². The molecule has 1 rings (SSSR count). The van der Waals surface area contributed by atoms with Crippen LogP contribution in [0.4, 0.5) is 0 Å². The summed E-state index contributed by atoms with van der Waals surface area (Å²) in [5.74, 6) is -1.74. The molecule has 0 radical (unpaired) electrons. The second-order valence-electron chi connectivity index (χ2n) is 11.1. The van der Waals surface area contributed by atoms with Crippen molar-refractivity contribution in [2.45, 2.75) is 179 Å². The Bertz CT molecular complexity index is 518. The average Bonchev–Trinajstić information content (AvgIpc) is 2.88. The second-order valence-corrected chi connectivity index (χ2v) is 11.1. The highest BCUT2D eigenvalue weighted by atomic mass is 16.7. The molecular formula is C30H60O6. The van der Waals surface area contributed by atoms with E-state index in [2.05, 4.69) is 20.8 Å². The van der Waals surface area contributed by atoms with Gasteiger partial charge >= 0.3 is 0 Å². The normalized spacial score (nSPS) is 28.6. The Balaban J connectivity index is 2.96. The van der Waals surface area contributed by atoms with Crippen LogP contribution < -0.4 is 0 Å². The second kappa shape index (κ2) is 19.8. The lowest BCUT2D eigenvalue weighted by Crippen LogP contribution is -2.74. The van der Waals surface area contributed by atoms with Gasteiger partial charge in [0.05, 0.1) is 6.61 Å². The summed E-state index contributed by atoms with van der Waals surface area (Å²) in [4.78, 5) is 0. The minimum atomic E-state index is -1.74. The molecule has 0 aromatic carbocycles. The van der Waals surface area contributed by atoms with Crippen molar-refractivity contribution in [3.05, 3.63) is 0 Å². The van der Waals surface area contributed by atoms with Crippen molar-refractivity contribution >= 4 is 0 Å². The van der Waals surface area contributed by atoms with Gasteiger partial charge in [-0.15, -0.1) is 0 Å². The van der Waals surface area contributed by atoms with Gasteiger partial charge in [-0.05, 0) is 19.3 Å². The number of rotatable bonds is 23. The highest BCUT2D eigenvalue weighted by molar-refractivity contribution is 5.08. The molecule has 0 aliphatic carbocycles. The van der Waals surface area contributed by atoms with Gasteiger partial charge in [0.25, 0.3) is 0 Å². The topological polar surface area (TPSA) is 99.4 Å². The number of unbranched alkanes of at least 4 members (excludes halogenated alkanes) is 15. The van der Waals surface area contributed by atoms with Crippen molar-refractivity contribution in [1.82, 2.24) is 0 Å². The van der Waals surface area contributed by atoms with Crippen LogP contribution in [0.1, 0.15) is 149 Å². The van der Waals surface area contributed by atoms with Crippen molar-refractivity contribution in [2.24, 2.45) is 0 Å². The fraction of sp³-hybridized carbons (Fsp3) is 1.00. The van der Waals surface area contributed by atoms with Crippen LogP contribution in [0.5, 0.6) is 0 Å². The lowest BCUT2D eigenvalue weighted by molar-refractivity contribution is -0.402. The number of hydrogen-bond donors (Lipinski definition) is 4. The molecule has 0 spiro atoms. The largest absolute Gasteiger partial charge is 0.394 e. The van der Waals surface area contributed by atoms with Crippen LogP contribution in [-0.2, 0) is 9.47 Å². The molecule has 1 aliphatic rings. The predicted octanol–water partition coefficient (Wildman–Crippen LogP) is 6.41. The first kappa shape index (κ1) is 33.8. The van der Waals surface area contributed by atoms with Crippen molar-refractivity contribution in [2.75, 3.05) is 13.2 Å². The maximum Gasteiger partial charge on any atom is 0.198 e. The van der Waals surface area contributed by atoms with Gasteiger partial charge in [0.2, 0.25) is 0 Å². The molecule has 1 heterocycles. The average molecular weight is 517 g/mol. The first-order chi connectivity index (χ1) is 17.4. The van der Waals surface area contributed by atoms with E-state index in [0.717, 1.165) is 57.8 Å². The third-order valence-corrected chi connectivity index (χ3v) is 8.00. The highest BCUT2D eigenvalue weighted by Gasteiger charge is 2.63. The molecule has 0 aromatic heterocycles. The summed E-state index contributed by atoms with van der Waals surface area (Å²) in [6, 6.07) is 0. The van der Waals surface area contributed by atoms with E-state index < -0.39 is 36.3 Å². The van der Waals surface area contributed by atoms with Gasteiger partial charge < -0.3 is 29.9 Å². The summed E-state index contributed by atoms with van der Waals surface area (Å²) in [6.07, 6.45) is 16.7. The molecule has 1 fully saturated rings. The van der Waals surface area contributed by atoms with E-state index in [9.17, 15) is 20.4 Å². The Morgan fingerprint density at radius 3 is 1.58 bits per heavy atom. The van der Waals surface area contributed by atoms with Crippen molar-refractivity contribution in [3.8, 4) is 0 Å². The molecule has 5 atom stereocenters. The zero-order valence-electron chi connectivity index (χ0n) is 23.9. The molecular weight excluding hydrogens is 456 g/mol. The van der Waals surface area contributed by atoms with Crippen LogP contribution in [0.3, 0.4) is 0 Å². The highest BCUT2D eigenvalue weighted by Crippen LogP contribution is 2.46. The maximum atomic E-state index is 12.0. The van der Waals surface area contributed by atoms with Gasteiger partial charge in [-0.3, -0.25) is 0 Å². The fourth-order valence-electron chi connectivity index (χ4n) is 5.61. The third kappa shape index (κ3) is 10.9. The number of aliphatic hydroxyl groups is 4. The number of hydrogen-bond acceptors (Lipinski definition) is 6. The van der Waals surface area contributed by atoms with Crippen LogP contribution in [0, 0.1) is 0 Å². The summed E-state index contributed by atoms with van der Waals surface area (Å²) in [6.45, 7) is 6.55. The first-order valence-electron chi connectivity index (χ1n) is 15.4. The van der Waals surface area contributed by atoms with E-state index in [1.807, 2.05) is 0 Å². The van der Waals surface area contributed by atoms with E-state index in [1.165, 1.54) is 57.8 Å². The molecule has 0 amide bonds. The maximum absolute atomic E-state index is 12.0. The van der Waals surface area contributed by atoms with E-state index in [4.69, 9.17) is 9.47 Å². The van der Waals surface area contributed by atoms with Gasteiger partial charge in [-0.1, -0.05) is 124 Å². The number of aliphatic hydroxyl groups excluding tert-OH is 3.